The molecule has 0 aromatic carbocycles. The van der Waals surface area contributed by atoms with Crippen LogP contribution in [0.1, 0.15) is 38.5 Å². The molecular weight excluding hydrogens is 140 g/mol. The highest BCUT2D eigenvalue weighted by molar-refractivity contribution is 5.72. The Hall–Kier alpha value is -0.530. The number of rotatable bonds is 0. The van der Waals surface area contributed by atoms with Crippen LogP contribution in [-0.4, -0.2) is 12.1 Å². The molecule has 0 bridgehead atoms. The number of fused-ring (bicyclic) bond motifs is 1. The molecule has 2 heteroatoms. The summed E-state index contributed by atoms with van der Waals surface area (Å²) in [7, 11) is 0. The topological polar surface area (TPSA) is 26.3 Å². The van der Waals surface area contributed by atoms with Gasteiger partial charge in [0.15, 0.2) is 0 Å². The van der Waals surface area contributed by atoms with Crippen molar-refractivity contribution < 1.29 is 9.53 Å². The summed E-state index contributed by atoms with van der Waals surface area (Å²) < 4.78 is 5.21. The molecule has 0 radical (unpaired) electrons. The SMILES string of the molecule is O=C1C[C@@H]2CCCCC[C@H]2O1. The average Bonchev–Trinajstić information content (AvgIpc) is 2.17. The van der Waals surface area contributed by atoms with Gasteiger partial charge in [0.2, 0.25) is 0 Å². The lowest BCUT2D eigenvalue weighted by Gasteiger charge is -2.12. The Morgan fingerprint density at radius 1 is 1.18 bits per heavy atom. The van der Waals surface area contributed by atoms with Crippen molar-refractivity contribution in [2.24, 2.45) is 5.92 Å². The molecule has 2 aliphatic rings. The molecule has 0 amide bonds. The molecule has 1 saturated carbocycles. The Balaban J connectivity index is 2.01. The molecule has 2 fully saturated rings. The minimum atomic E-state index is 0.0295. The van der Waals surface area contributed by atoms with E-state index in [2.05, 4.69) is 0 Å². The van der Waals surface area contributed by atoms with Gasteiger partial charge in [0, 0.05) is 5.92 Å². The molecule has 1 heterocycles. The van der Waals surface area contributed by atoms with Crippen LogP contribution in [0, 0.1) is 5.92 Å². The van der Waals surface area contributed by atoms with Gasteiger partial charge >= 0.3 is 5.97 Å². The Bertz CT molecular complexity index is 149. The van der Waals surface area contributed by atoms with E-state index < -0.39 is 0 Å². The summed E-state index contributed by atoms with van der Waals surface area (Å²) in [6, 6.07) is 0. The van der Waals surface area contributed by atoms with E-state index in [4.69, 9.17) is 4.74 Å². The zero-order valence-electron chi connectivity index (χ0n) is 6.71. The van der Waals surface area contributed by atoms with Gasteiger partial charge < -0.3 is 4.74 Å². The largest absolute Gasteiger partial charge is 0.462 e. The monoisotopic (exact) mass is 154 g/mol. The molecular formula is C9H14O2. The van der Waals surface area contributed by atoms with Gasteiger partial charge in [0.05, 0.1) is 6.42 Å². The van der Waals surface area contributed by atoms with Gasteiger partial charge in [-0.25, -0.2) is 0 Å². The lowest BCUT2D eigenvalue weighted by molar-refractivity contribution is -0.141. The molecule has 11 heavy (non-hydrogen) atoms. The van der Waals surface area contributed by atoms with Crippen LogP contribution in [0.5, 0.6) is 0 Å². The molecule has 1 aliphatic carbocycles. The van der Waals surface area contributed by atoms with E-state index in [0.29, 0.717) is 12.3 Å². The molecule has 2 rings (SSSR count). The highest BCUT2D eigenvalue weighted by Gasteiger charge is 2.34. The molecule has 1 saturated heterocycles. The maximum atomic E-state index is 10.9. The summed E-state index contributed by atoms with van der Waals surface area (Å²) in [6.07, 6.45) is 7.14. The van der Waals surface area contributed by atoms with Crippen LogP contribution in [0.2, 0.25) is 0 Å². The summed E-state index contributed by atoms with van der Waals surface area (Å²) in [5, 5.41) is 0. The minimum Gasteiger partial charge on any atom is -0.462 e. The Morgan fingerprint density at radius 3 is 2.91 bits per heavy atom. The minimum absolute atomic E-state index is 0.0295. The lowest BCUT2D eigenvalue weighted by Crippen LogP contribution is -2.13. The van der Waals surface area contributed by atoms with E-state index in [9.17, 15) is 4.79 Å². The summed E-state index contributed by atoms with van der Waals surface area (Å²) in [5.41, 5.74) is 0. The van der Waals surface area contributed by atoms with Crippen LogP contribution in [-0.2, 0) is 9.53 Å². The normalized spacial score (nSPS) is 37.6. The first-order valence-corrected chi connectivity index (χ1v) is 4.56. The molecule has 0 spiro atoms. The van der Waals surface area contributed by atoms with Crippen molar-refractivity contribution in [1.82, 2.24) is 0 Å². The molecule has 0 aromatic heterocycles. The van der Waals surface area contributed by atoms with E-state index in [1.54, 1.807) is 0 Å². The fourth-order valence-electron chi connectivity index (χ4n) is 2.17. The average molecular weight is 154 g/mol. The summed E-state index contributed by atoms with van der Waals surface area (Å²) in [5.74, 6) is 0.590. The van der Waals surface area contributed by atoms with Crippen LogP contribution in [0.4, 0.5) is 0 Å². The van der Waals surface area contributed by atoms with Crippen LogP contribution < -0.4 is 0 Å². The van der Waals surface area contributed by atoms with Crippen molar-refractivity contribution in [3.8, 4) is 0 Å². The highest BCUT2D eigenvalue weighted by atomic mass is 16.5. The predicted octanol–water partition coefficient (Wildman–Crippen LogP) is 1.88. The maximum Gasteiger partial charge on any atom is 0.306 e. The van der Waals surface area contributed by atoms with Crippen molar-refractivity contribution in [2.75, 3.05) is 0 Å². The standard InChI is InChI=1S/C9H14O2/c10-9-6-7-4-2-1-3-5-8(7)11-9/h7-8H,1-6H2/t7-,8+/m0/s1. The number of carbonyl (C=O) groups excluding carboxylic acids is 1. The molecule has 62 valence electrons. The lowest BCUT2D eigenvalue weighted by atomic mass is 9.97. The summed E-state index contributed by atoms with van der Waals surface area (Å²) in [4.78, 5) is 10.9. The predicted molar refractivity (Wildman–Crippen MR) is 41.1 cm³/mol. The Morgan fingerprint density at radius 2 is 2.00 bits per heavy atom. The number of hydrogen-bond donors (Lipinski definition) is 0. The highest BCUT2D eigenvalue weighted by Crippen LogP contribution is 2.33. The number of ether oxygens (including phenoxy) is 1. The molecule has 1 aliphatic heterocycles. The van der Waals surface area contributed by atoms with Crippen molar-refractivity contribution in [2.45, 2.75) is 44.6 Å². The van der Waals surface area contributed by atoms with Crippen molar-refractivity contribution in [1.29, 1.82) is 0 Å². The quantitative estimate of drug-likeness (QED) is 0.498. The van der Waals surface area contributed by atoms with E-state index in [-0.39, 0.29) is 12.1 Å². The summed E-state index contributed by atoms with van der Waals surface area (Å²) in [6.45, 7) is 0. The van der Waals surface area contributed by atoms with E-state index in [1.807, 2.05) is 0 Å². The van der Waals surface area contributed by atoms with E-state index in [0.717, 1.165) is 6.42 Å². The second-order valence-corrected chi connectivity index (χ2v) is 3.63. The van der Waals surface area contributed by atoms with Crippen LogP contribution >= 0.6 is 0 Å². The summed E-state index contributed by atoms with van der Waals surface area (Å²) >= 11 is 0. The van der Waals surface area contributed by atoms with Gasteiger partial charge in [-0.05, 0) is 19.3 Å². The maximum absolute atomic E-state index is 10.9. The van der Waals surface area contributed by atoms with Gasteiger partial charge in [-0.15, -0.1) is 0 Å². The second kappa shape index (κ2) is 2.84. The van der Waals surface area contributed by atoms with Crippen LogP contribution in [0.3, 0.4) is 0 Å². The molecule has 0 aromatic rings. The molecule has 2 atom stereocenters. The van der Waals surface area contributed by atoms with Crippen molar-refractivity contribution in [3.63, 3.8) is 0 Å². The van der Waals surface area contributed by atoms with E-state index in [1.165, 1.54) is 25.7 Å². The zero-order valence-corrected chi connectivity index (χ0v) is 6.71. The Kier molecular flexibility index (Phi) is 1.84. The van der Waals surface area contributed by atoms with Gasteiger partial charge in [-0.3, -0.25) is 4.79 Å². The van der Waals surface area contributed by atoms with E-state index >= 15 is 0 Å². The van der Waals surface area contributed by atoms with Crippen molar-refractivity contribution in [3.05, 3.63) is 0 Å². The Labute approximate surface area is 66.9 Å². The van der Waals surface area contributed by atoms with Crippen molar-refractivity contribution >= 4 is 5.97 Å². The third kappa shape index (κ3) is 1.39. The van der Waals surface area contributed by atoms with Gasteiger partial charge in [-0.2, -0.15) is 0 Å². The first-order valence-electron chi connectivity index (χ1n) is 4.56. The zero-order chi connectivity index (χ0) is 7.68. The number of hydrogen-bond acceptors (Lipinski definition) is 2. The fourth-order valence-corrected chi connectivity index (χ4v) is 2.17. The third-order valence-corrected chi connectivity index (χ3v) is 2.80. The first kappa shape index (κ1) is 7.14. The molecule has 2 nitrogen and oxygen atoms in total. The molecule has 0 N–H and O–H groups in total. The van der Waals surface area contributed by atoms with Crippen LogP contribution in [0.15, 0.2) is 0 Å². The first-order chi connectivity index (χ1) is 5.36. The van der Waals surface area contributed by atoms with Gasteiger partial charge in [0.25, 0.3) is 0 Å². The molecule has 0 unspecified atom stereocenters. The number of esters is 1. The van der Waals surface area contributed by atoms with Crippen LogP contribution in [0.25, 0.3) is 0 Å². The van der Waals surface area contributed by atoms with Gasteiger partial charge in [-0.1, -0.05) is 12.8 Å². The second-order valence-electron chi connectivity index (χ2n) is 3.63. The fraction of sp³-hybridized carbons (Fsp3) is 0.889. The number of carbonyl (C=O) groups is 1. The third-order valence-electron chi connectivity index (χ3n) is 2.80. The van der Waals surface area contributed by atoms with Gasteiger partial charge in [0.1, 0.15) is 6.10 Å². The smallest absolute Gasteiger partial charge is 0.306 e.